The highest BCUT2D eigenvalue weighted by atomic mass is 16.4. The summed E-state index contributed by atoms with van der Waals surface area (Å²) in [6.07, 6.45) is 7.16. The van der Waals surface area contributed by atoms with Gasteiger partial charge in [-0.1, -0.05) is 84.7 Å². The Bertz CT molecular complexity index is 1610. The molecule has 0 spiro atoms. The summed E-state index contributed by atoms with van der Waals surface area (Å²) in [4.78, 5) is 98.9. The fourth-order valence-electron chi connectivity index (χ4n) is 6.55. The van der Waals surface area contributed by atoms with Gasteiger partial charge in [0.2, 0.25) is 23.5 Å². The number of amides is 5. The number of benzene rings is 1. The third-order valence-corrected chi connectivity index (χ3v) is 9.59. The number of nitrogens with zero attached hydrogens (tertiary/aromatic N) is 2. The number of Topliss-reactive ketones (excluding diaryl/α,β-unsaturated/α-hetero) is 1. The Balaban J connectivity index is 1.58. The maximum atomic E-state index is 13.6. The molecule has 6 atom stereocenters. The normalized spacial score (nSPS) is 17.7. The van der Waals surface area contributed by atoms with Crippen molar-refractivity contribution in [3.8, 4) is 0 Å². The molecule has 1 aromatic carbocycles. The fourth-order valence-corrected chi connectivity index (χ4v) is 6.55. The summed E-state index contributed by atoms with van der Waals surface area (Å²) in [7, 11) is 0. The lowest BCUT2D eigenvalue weighted by Crippen LogP contribution is -2.59. The smallest absolute Gasteiger partial charge is 0.326 e. The lowest BCUT2D eigenvalue weighted by molar-refractivity contribution is -0.145. The highest BCUT2D eigenvalue weighted by Gasteiger charge is 2.38. The van der Waals surface area contributed by atoms with Crippen LogP contribution >= 0.6 is 0 Å². The molecule has 294 valence electrons. The van der Waals surface area contributed by atoms with Crippen LogP contribution in [0.1, 0.15) is 96.1 Å². The molecule has 0 saturated heterocycles. The molecule has 5 amide bonds. The van der Waals surface area contributed by atoms with Crippen LogP contribution in [0.25, 0.3) is 0 Å². The maximum Gasteiger partial charge on any atom is 0.326 e. The van der Waals surface area contributed by atoms with Crippen LogP contribution in [0.2, 0.25) is 0 Å². The lowest BCUT2D eigenvalue weighted by Gasteiger charge is -2.33. The van der Waals surface area contributed by atoms with Gasteiger partial charge in [0.05, 0.1) is 12.2 Å². The van der Waals surface area contributed by atoms with Gasteiger partial charge in [-0.15, -0.1) is 0 Å². The van der Waals surface area contributed by atoms with E-state index in [9.17, 15) is 38.7 Å². The first-order valence-corrected chi connectivity index (χ1v) is 18.6. The average Bonchev–Trinajstić information content (AvgIpc) is 3.57. The molecule has 15 heteroatoms. The number of carboxylic acid groups (broad SMARTS) is 1. The number of carbonyl (C=O) groups is 7. The minimum absolute atomic E-state index is 0.01000. The van der Waals surface area contributed by atoms with Gasteiger partial charge in [0.15, 0.2) is 0 Å². The number of ketones is 1. The van der Waals surface area contributed by atoms with E-state index in [4.69, 9.17) is 0 Å². The molecular weight excluding hydrogens is 694 g/mol. The van der Waals surface area contributed by atoms with Gasteiger partial charge in [-0.2, -0.15) is 0 Å². The van der Waals surface area contributed by atoms with Crippen molar-refractivity contribution in [2.45, 2.75) is 111 Å². The molecule has 15 nitrogen and oxygen atoms in total. The molecule has 1 aromatic heterocycles. The van der Waals surface area contributed by atoms with Gasteiger partial charge >= 0.3 is 5.97 Å². The summed E-state index contributed by atoms with van der Waals surface area (Å²) in [6.45, 7) is 11.1. The first-order chi connectivity index (χ1) is 25.5. The minimum atomic E-state index is -1.32. The van der Waals surface area contributed by atoms with Gasteiger partial charge in [-0.3, -0.25) is 33.8 Å². The zero-order valence-corrected chi connectivity index (χ0v) is 32.0. The molecule has 0 bridgehead atoms. The summed E-state index contributed by atoms with van der Waals surface area (Å²) in [5.41, 5.74) is 0.0456. The number of nitrogens with one attached hydrogen (secondary N) is 5. The largest absolute Gasteiger partial charge is 0.480 e. The standard InChI is InChI=1S/C39H55N7O8/c1-7-12-27(32(48)36(51)44-28(38(53)54)19-24-13-9-8-10-14-24)43-30(47)20-25-15-11-16-26(25)21-42-37(52)33(39(4,5)6)46-35(50)31(23(2)3)45-34(49)29-22-40-17-18-41-29/h8-10,13-14,17-18,22-23,25-28,31,33H,7,11-12,15-16,19-21H2,1-6H3,(H,42,52)(H,43,47)(H,44,51)(H,45,49)(H,46,50)(H,53,54)/t25-,26+,27?,28?,31-,33-/m1/s1. The Morgan fingerprint density at radius 2 is 1.56 bits per heavy atom. The van der Waals surface area contributed by atoms with Gasteiger partial charge in [-0.05, 0) is 48.0 Å². The first kappa shape index (κ1) is 43.2. The van der Waals surface area contributed by atoms with Gasteiger partial charge in [0.25, 0.3) is 11.8 Å². The summed E-state index contributed by atoms with van der Waals surface area (Å²) in [5, 5.41) is 23.2. The van der Waals surface area contributed by atoms with E-state index in [0.29, 0.717) is 12.0 Å². The van der Waals surface area contributed by atoms with E-state index in [2.05, 4.69) is 36.6 Å². The summed E-state index contributed by atoms with van der Waals surface area (Å²) < 4.78 is 0. The zero-order valence-electron chi connectivity index (χ0n) is 32.0. The van der Waals surface area contributed by atoms with Crippen LogP contribution in [-0.2, 0) is 35.2 Å². The molecule has 1 heterocycles. The molecule has 1 aliphatic rings. The van der Waals surface area contributed by atoms with Crippen LogP contribution in [0.3, 0.4) is 0 Å². The number of carbonyl (C=O) groups excluding carboxylic acids is 6. The topological polar surface area (TPSA) is 226 Å². The van der Waals surface area contributed by atoms with E-state index in [1.54, 1.807) is 44.2 Å². The van der Waals surface area contributed by atoms with Crippen LogP contribution in [0.5, 0.6) is 0 Å². The molecule has 0 aliphatic heterocycles. The molecule has 6 N–H and O–H groups in total. The number of rotatable bonds is 19. The molecule has 54 heavy (non-hydrogen) atoms. The van der Waals surface area contributed by atoms with Crippen LogP contribution < -0.4 is 26.6 Å². The van der Waals surface area contributed by atoms with Crippen molar-refractivity contribution in [3.05, 3.63) is 60.2 Å². The summed E-state index contributed by atoms with van der Waals surface area (Å²) in [5.74, 6) is -5.64. The lowest BCUT2D eigenvalue weighted by atomic mass is 9.85. The van der Waals surface area contributed by atoms with E-state index in [0.717, 1.165) is 19.3 Å². The Morgan fingerprint density at radius 3 is 2.15 bits per heavy atom. The second kappa shape index (κ2) is 20.3. The fraction of sp³-hybridized carbons (Fsp3) is 0.564. The van der Waals surface area contributed by atoms with Crippen LogP contribution in [-0.4, -0.2) is 87.1 Å². The third kappa shape index (κ3) is 13.0. The molecule has 0 radical (unpaired) electrons. The molecule has 2 unspecified atom stereocenters. The number of aliphatic carboxylic acids is 1. The van der Waals surface area contributed by atoms with Crippen molar-refractivity contribution >= 4 is 41.3 Å². The van der Waals surface area contributed by atoms with Gasteiger partial charge in [-0.25, -0.2) is 9.78 Å². The first-order valence-electron chi connectivity index (χ1n) is 18.6. The van der Waals surface area contributed by atoms with Crippen molar-refractivity contribution in [2.24, 2.45) is 23.2 Å². The second-order valence-corrected chi connectivity index (χ2v) is 15.3. The maximum absolute atomic E-state index is 13.6. The summed E-state index contributed by atoms with van der Waals surface area (Å²) >= 11 is 0. The molecule has 2 aromatic rings. The zero-order chi connectivity index (χ0) is 40.0. The molecular formula is C39H55N7O8. The van der Waals surface area contributed by atoms with E-state index < -0.39 is 70.9 Å². The minimum Gasteiger partial charge on any atom is -0.480 e. The van der Waals surface area contributed by atoms with Crippen molar-refractivity contribution in [2.75, 3.05) is 6.54 Å². The van der Waals surface area contributed by atoms with E-state index in [1.807, 2.05) is 27.7 Å². The SMILES string of the molecule is CCCC(NC(=O)C[C@H]1CCC[C@H]1CNC(=O)[C@@H](NC(=O)[C@H](NC(=O)c1cnccn1)C(C)C)C(C)(C)C)C(=O)C(=O)NC(Cc1ccccc1)C(=O)O. The van der Waals surface area contributed by atoms with Gasteiger partial charge in [0.1, 0.15) is 23.8 Å². The highest BCUT2D eigenvalue weighted by Crippen LogP contribution is 2.34. The monoisotopic (exact) mass is 749 g/mol. The van der Waals surface area contributed by atoms with E-state index in [1.165, 1.54) is 18.6 Å². The van der Waals surface area contributed by atoms with E-state index >= 15 is 0 Å². The number of hydrogen-bond acceptors (Lipinski definition) is 9. The summed E-state index contributed by atoms with van der Waals surface area (Å²) in [6, 6.07) is 4.39. The second-order valence-electron chi connectivity index (χ2n) is 15.3. The Hall–Kier alpha value is -5.21. The van der Waals surface area contributed by atoms with Crippen LogP contribution in [0.4, 0.5) is 0 Å². The van der Waals surface area contributed by atoms with Crippen molar-refractivity contribution in [3.63, 3.8) is 0 Å². The molecule has 1 saturated carbocycles. The van der Waals surface area contributed by atoms with Gasteiger partial charge in [0, 0.05) is 31.8 Å². The predicted molar refractivity (Wildman–Crippen MR) is 200 cm³/mol. The average molecular weight is 750 g/mol. The number of carboxylic acids is 1. The van der Waals surface area contributed by atoms with E-state index in [-0.39, 0.29) is 49.3 Å². The predicted octanol–water partition coefficient (Wildman–Crippen LogP) is 2.35. The number of hydrogen-bond donors (Lipinski definition) is 6. The Labute approximate surface area is 316 Å². The third-order valence-electron chi connectivity index (χ3n) is 9.59. The molecule has 3 rings (SSSR count). The van der Waals surface area contributed by atoms with Crippen molar-refractivity contribution < 1.29 is 38.7 Å². The van der Waals surface area contributed by atoms with Crippen molar-refractivity contribution in [1.82, 2.24) is 36.6 Å². The number of aromatic nitrogens is 2. The molecule has 1 fully saturated rings. The van der Waals surface area contributed by atoms with Gasteiger partial charge < -0.3 is 31.7 Å². The Kier molecular flexibility index (Phi) is 16.2. The van der Waals surface area contributed by atoms with Crippen molar-refractivity contribution in [1.29, 1.82) is 0 Å². The highest BCUT2D eigenvalue weighted by molar-refractivity contribution is 6.38. The van der Waals surface area contributed by atoms with Crippen LogP contribution in [0, 0.1) is 23.2 Å². The Morgan fingerprint density at radius 1 is 0.870 bits per heavy atom. The molecule has 1 aliphatic carbocycles. The quantitative estimate of drug-likeness (QED) is 0.115. The van der Waals surface area contributed by atoms with Crippen LogP contribution in [0.15, 0.2) is 48.9 Å².